The largest absolute Gasteiger partial charge is 0.233 e. The third-order valence-electron chi connectivity index (χ3n) is 1.93. The number of hydrogen-bond acceptors (Lipinski definition) is 4. The Labute approximate surface area is 90.9 Å². The molecule has 1 radical (unpaired) electrons. The molecule has 0 N–H and O–H groups in total. The van der Waals surface area contributed by atoms with Gasteiger partial charge in [0.15, 0.2) is 5.51 Å². The summed E-state index contributed by atoms with van der Waals surface area (Å²) in [6, 6.07) is 9.03. The van der Waals surface area contributed by atoms with Gasteiger partial charge in [0.05, 0.1) is 29.0 Å². The average molecular weight is 210 g/mol. The van der Waals surface area contributed by atoms with Gasteiger partial charge in [0, 0.05) is 10.9 Å². The van der Waals surface area contributed by atoms with E-state index in [0.29, 0.717) is 11.1 Å². The average Bonchev–Trinajstić information content (AvgIpc) is 2.81. The lowest BCUT2D eigenvalue weighted by atomic mass is 10.0. The molecule has 0 unspecified atom stereocenters. The van der Waals surface area contributed by atoms with E-state index in [1.165, 1.54) is 11.3 Å². The van der Waals surface area contributed by atoms with Gasteiger partial charge in [-0.2, -0.15) is 10.5 Å². The molecule has 4 heteroatoms. The normalized spacial score (nSPS) is 9.20. The SMILES string of the molecule is N#Cc1ccc(-c2cs[c]n2)c(C#N)c1. The summed E-state index contributed by atoms with van der Waals surface area (Å²) in [6.07, 6.45) is 0. The predicted octanol–water partition coefficient (Wildman–Crippen LogP) is 2.35. The summed E-state index contributed by atoms with van der Waals surface area (Å²) in [7, 11) is 0. The van der Waals surface area contributed by atoms with Crippen LogP contribution in [0.4, 0.5) is 0 Å². The summed E-state index contributed by atoms with van der Waals surface area (Å²) in [4.78, 5) is 4.01. The highest BCUT2D eigenvalue weighted by molar-refractivity contribution is 7.07. The molecule has 0 aliphatic carbocycles. The summed E-state index contributed by atoms with van der Waals surface area (Å²) < 4.78 is 0. The van der Waals surface area contributed by atoms with E-state index >= 15 is 0 Å². The first-order chi connectivity index (χ1) is 7.35. The molecule has 1 heterocycles. The monoisotopic (exact) mass is 210 g/mol. The van der Waals surface area contributed by atoms with E-state index in [4.69, 9.17) is 10.5 Å². The summed E-state index contributed by atoms with van der Waals surface area (Å²) in [5, 5.41) is 19.5. The van der Waals surface area contributed by atoms with Gasteiger partial charge in [0.1, 0.15) is 0 Å². The topological polar surface area (TPSA) is 60.5 Å². The van der Waals surface area contributed by atoms with Gasteiger partial charge < -0.3 is 0 Å². The van der Waals surface area contributed by atoms with Gasteiger partial charge in [-0.25, -0.2) is 4.98 Å². The molecule has 0 atom stereocenters. The fourth-order valence-corrected chi connectivity index (χ4v) is 1.73. The van der Waals surface area contributed by atoms with Crippen LogP contribution in [0.5, 0.6) is 0 Å². The van der Waals surface area contributed by atoms with Crippen LogP contribution in [0.1, 0.15) is 11.1 Å². The Kier molecular flexibility index (Phi) is 2.45. The molecule has 0 fully saturated rings. The zero-order valence-corrected chi connectivity index (χ0v) is 8.38. The fourth-order valence-electron chi connectivity index (χ4n) is 1.24. The molecule has 3 nitrogen and oxygen atoms in total. The number of thiazole rings is 1. The minimum Gasteiger partial charge on any atom is -0.233 e. The molecule has 0 aliphatic heterocycles. The second-order valence-electron chi connectivity index (χ2n) is 2.81. The Bertz CT molecular complexity index is 559. The smallest absolute Gasteiger partial charge is 0.152 e. The Balaban J connectivity index is 2.60. The lowest BCUT2D eigenvalue weighted by Gasteiger charge is -1.99. The van der Waals surface area contributed by atoms with E-state index in [1.54, 1.807) is 18.2 Å². The van der Waals surface area contributed by atoms with Crippen molar-refractivity contribution in [3.05, 3.63) is 40.2 Å². The standard InChI is InChI=1S/C11H4N3S/c12-4-8-1-2-10(9(3-8)5-13)11-6-15-7-14-11/h1-3,6H. The van der Waals surface area contributed by atoms with Gasteiger partial charge >= 0.3 is 0 Å². The molecule has 0 saturated carbocycles. The maximum absolute atomic E-state index is 8.94. The molecule has 0 aliphatic rings. The molecule has 0 bridgehead atoms. The molecule has 0 saturated heterocycles. The van der Waals surface area contributed by atoms with Crippen LogP contribution in [0.25, 0.3) is 11.3 Å². The fraction of sp³-hybridized carbons (Fsp3) is 0. The molecule has 0 spiro atoms. The zero-order chi connectivity index (χ0) is 10.7. The van der Waals surface area contributed by atoms with Gasteiger partial charge in [-0.1, -0.05) is 6.07 Å². The van der Waals surface area contributed by atoms with Crippen molar-refractivity contribution in [2.24, 2.45) is 0 Å². The number of nitriles is 2. The van der Waals surface area contributed by atoms with Crippen LogP contribution in [0.2, 0.25) is 0 Å². The van der Waals surface area contributed by atoms with E-state index in [1.807, 2.05) is 11.4 Å². The van der Waals surface area contributed by atoms with Gasteiger partial charge in [-0.15, -0.1) is 11.3 Å². The Morgan fingerprint density at radius 2 is 2.13 bits per heavy atom. The number of hydrogen-bond donors (Lipinski definition) is 0. The number of benzene rings is 1. The van der Waals surface area contributed by atoms with Crippen LogP contribution in [-0.2, 0) is 0 Å². The van der Waals surface area contributed by atoms with Crippen molar-refractivity contribution in [3.63, 3.8) is 0 Å². The Morgan fingerprint density at radius 3 is 2.73 bits per heavy atom. The molecule has 0 amide bonds. The van der Waals surface area contributed by atoms with Crippen molar-refractivity contribution in [2.45, 2.75) is 0 Å². The van der Waals surface area contributed by atoms with Crippen LogP contribution in [-0.4, -0.2) is 4.98 Å². The van der Waals surface area contributed by atoms with E-state index in [9.17, 15) is 0 Å². The second kappa shape index (κ2) is 3.91. The molecule has 2 aromatic rings. The second-order valence-corrected chi connectivity index (χ2v) is 3.46. The highest BCUT2D eigenvalue weighted by Gasteiger charge is 2.07. The molecular weight excluding hydrogens is 206 g/mol. The number of nitrogens with zero attached hydrogens (tertiary/aromatic N) is 3. The van der Waals surface area contributed by atoms with Crippen molar-refractivity contribution in [1.29, 1.82) is 10.5 Å². The van der Waals surface area contributed by atoms with Crippen molar-refractivity contribution in [3.8, 4) is 23.4 Å². The highest BCUT2D eigenvalue weighted by atomic mass is 32.1. The van der Waals surface area contributed by atoms with E-state index < -0.39 is 0 Å². The Hall–Kier alpha value is -2.17. The summed E-state index contributed by atoms with van der Waals surface area (Å²) >= 11 is 1.35. The van der Waals surface area contributed by atoms with Gasteiger partial charge in [-0.05, 0) is 12.1 Å². The van der Waals surface area contributed by atoms with Crippen molar-refractivity contribution < 1.29 is 0 Å². The number of aromatic nitrogens is 1. The molecular formula is C11H4N3S. The van der Waals surface area contributed by atoms with E-state index in [2.05, 4.69) is 16.6 Å². The first kappa shape index (κ1) is 9.39. The van der Waals surface area contributed by atoms with Crippen molar-refractivity contribution in [2.75, 3.05) is 0 Å². The third-order valence-corrected chi connectivity index (χ3v) is 2.47. The van der Waals surface area contributed by atoms with Crippen LogP contribution in [0, 0.1) is 28.2 Å². The summed E-state index contributed by atoms with van der Waals surface area (Å²) in [6.45, 7) is 0. The van der Waals surface area contributed by atoms with E-state index in [0.717, 1.165) is 11.3 Å². The molecule has 1 aromatic carbocycles. The first-order valence-corrected chi connectivity index (χ1v) is 4.99. The molecule has 69 valence electrons. The lowest BCUT2D eigenvalue weighted by Crippen LogP contribution is -1.86. The first-order valence-electron chi connectivity index (χ1n) is 4.11. The van der Waals surface area contributed by atoms with Crippen LogP contribution in [0.15, 0.2) is 23.6 Å². The van der Waals surface area contributed by atoms with Gasteiger partial charge in [0.25, 0.3) is 0 Å². The minimum atomic E-state index is 0.466. The van der Waals surface area contributed by atoms with Crippen LogP contribution < -0.4 is 0 Å². The highest BCUT2D eigenvalue weighted by Crippen LogP contribution is 2.23. The van der Waals surface area contributed by atoms with Crippen LogP contribution in [0.3, 0.4) is 0 Å². The van der Waals surface area contributed by atoms with Crippen molar-refractivity contribution >= 4 is 11.3 Å². The predicted molar refractivity (Wildman–Crippen MR) is 55.8 cm³/mol. The molecule has 2 rings (SSSR count). The van der Waals surface area contributed by atoms with E-state index in [-0.39, 0.29) is 0 Å². The maximum atomic E-state index is 8.94. The summed E-state index contributed by atoms with van der Waals surface area (Å²) in [5.74, 6) is 0. The maximum Gasteiger partial charge on any atom is 0.152 e. The third kappa shape index (κ3) is 1.71. The number of rotatable bonds is 1. The lowest BCUT2D eigenvalue weighted by molar-refractivity contribution is 1.37. The van der Waals surface area contributed by atoms with Gasteiger partial charge in [-0.3, -0.25) is 0 Å². The quantitative estimate of drug-likeness (QED) is 0.725. The zero-order valence-electron chi connectivity index (χ0n) is 7.56. The van der Waals surface area contributed by atoms with Crippen molar-refractivity contribution in [1.82, 2.24) is 4.98 Å². The van der Waals surface area contributed by atoms with Gasteiger partial charge in [0.2, 0.25) is 0 Å². The summed E-state index contributed by atoms with van der Waals surface area (Å²) in [5.41, 5.74) is 5.14. The minimum absolute atomic E-state index is 0.466. The van der Waals surface area contributed by atoms with Crippen LogP contribution >= 0.6 is 11.3 Å². The molecule has 1 aromatic heterocycles. The molecule has 15 heavy (non-hydrogen) atoms. The Morgan fingerprint density at radius 1 is 1.27 bits per heavy atom.